The second kappa shape index (κ2) is 13.2. The zero-order valence-corrected chi connectivity index (χ0v) is 26.7. The number of pyridine rings is 1. The largest absolute Gasteiger partial charge is 0.393 e. The van der Waals surface area contributed by atoms with E-state index in [-0.39, 0.29) is 23.4 Å². The zero-order chi connectivity index (χ0) is 31.7. The Hall–Kier alpha value is -3.87. The molecule has 0 atom stereocenters. The molecular weight excluding hydrogens is 573 g/mol. The van der Waals surface area contributed by atoms with Gasteiger partial charge in [0.25, 0.3) is 5.91 Å². The average Bonchev–Trinajstić information content (AvgIpc) is 3.62. The number of hydrogen-bond donors (Lipinski definition) is 2. The molecule has 2 fully saturated rings. The number of aryl methyl sites for hydroxylation is 1. The van der Waals surface area contributed by atoms with Gasteiger partial charge in [0.15, 0.2) is 5.82 Å². The molecule has 4 aromatic rings. The molecule has 1 saturated heterocycles. The van der Waals surface area contributed by atoms with E-state index in [1.54, 1.807) is 17.9 Å². The standard InChI is InChI=1S/C33H44FN9O2/c1-39(2)17-18-40(3)23-12-15-42(16-13-23)25-7-10-28-29(19-25)43(24-5-8-26(44)9-6-24)33(37-28)38-32(45)27-11-14-35-31(30(27)34)22-20-36-41(4)21-22/h7,10-11,14,19-21,23-24,26,44H,5-6,8-9,12-13,15-18H2,1-4H3,(H,37,38,45). The average molecular weight is 618 g/mol. The number of aliphatic hydroxyl groups excluding tert-OH is 1. The topological polar surface area (TPSA) is 108 Å². The van der Waals surface area contributed by atoms with Crippen LogP contribution in [0.4, 0.5) is 16.0 Å². The molecule has 0 radical (unpaired) electrons. The first kappa shape index (κ1) is 31.1. The molecule has 1 aliphatic carbocycles. The number of likely N-dealkylation sites (N-methyl/N-ethyl adjacent to an activating group) is 2. The summed E-state index contributed by atoms with van der Waals surface area (Å²) < 4.78 is 19.3. The highest BCUT2D eigenvalue weighted by Gasteiger charge is 2.28. The van der Waals surface area contributed by atoms with E-state index in [0.717, 1.165) is 68.6 Å². The number of aromatic nitrogens is 5. The summed E-state index contributed by atoms with van der Waals surface area (Å²) in [5, 5.41) is 17.3. The van der Waals surface area contributed by atoms with Crippen LogP contribution in [-0.2, 0) is 7.05 Å². The summed E-state index contributed by atoms with van der Waals surface area (Å²) in [5.74, 6) is -0.911. The monoisotopic (exact) mass is 617 g/mol. The summed E-state index contributed by atoms with van der Waals surface area (Å²) in [6.45, 7) is 4.04. The Balaban J connectivity index is 1.27. The molecule has 1 saturated carbocycles. The van der Waals surface area contributed by atoms with E-state index in [1.807, 2.05) is 6.07 Å². The molecule has 0 unspecified atom stereocenters. The van der Waals surface area contributed by atoms with Gasteiger partial charge in [-0.1, -0.05) is 0 Å². The number of anilines is 2. The summed E-state index contributed by atoms with van der Waals surface area (Å²) in [6, 6.07) is 8.29. The van der Waals surface area contributed by atoms with Crippen LogP contribution in [0.3, 0.4) is 0 Å². The van der Waals surface area contributed by atoms with E-state index < -0.39 is 11.7 Å². The number of carbonyl (C=O) groups excluding carboxylic acids is 1. The van der Waals surface area contributed by atoms with Gasteiger partial charge in [-0.05, 0) is 83.9 Å². The zero-order valence-electron chi connectivity index (χ0n) is 26.7. The minimum atomic E-state index is -0.704. The van der Waals surface area contributed by atoms with Gasteiger partial charge >= 0.3 is 0 Å². The van der Waals surface area contributed by atoms with Crippen molar-refractivity contribution in [3.8, 4) is 11.3 Å². The van der Waals surface area contributed by atoms with Crippen molar-refractivity contribution in [2.45, 2.75) is 56.7 Å². The molecule has 45 heavy (non-hydrogen) atoms. The number of hydrogen-bond acceptors (Lipinski definition) is 8. The molecule has 4 heterocycles. The third kappa shape index (κ3) is 6.73. The normalized spacial score (nSPS) is 19.6. The van der Waals surface area contributed by atoms with Crippen LogP contribution in [0.15, 0.2) is 42.9 Å². The Labute approximate surface area is 263 Å². The Morgan fingerprint density at radius 1 is 1.07 bits per heavy atom. The molecule has 0 spiro atoms. The lowest BCUT2D eigenvalue weighted by Gasteiger charge is -2.38. The molecule has 11 nitrogen and oxygen atoms in total. The van der Waals surface area contributed by atoms with Crippen LogP contribution < -0.4 is 10.2 Å². The summed E-state index contributed by atoms with van der Waals surface area (Å²) >= 11 is 0. The van der Waals surface area contributed by atoms with E-state index in [9.17, 15) is 9.90 Å². The lowest BCUT2D eigenvalue weighted by Crippen LogP contribution is -2.45. The van der Waals surface area contributed by atoms with Gasteiger partial charge in [-0.3, -0.25) is 19.8 Å². The number of carbonyl (C=O) groups is 1. The number of imidazole rings is 1. The highest BCUT2D eigenvalue weighted by Crippen LogP contribution is 2.36. The SMILES string of the molecule is CN(C)CCN(C)C1CCN(c2ccc3nc(NC(=O)c4ccnc(-c5cnn(C)c5)c4F)n(C4CCC(O)CC4)c3c2)CC1. The predicted molar refractivity (Wildman–Crippen MR) is 174 cm³/mol. The fraction of sp³-hybridized carbons (Fsp3) is 0.515. The Kier molecular flexibility index (Phi) is 9.16. The number of halogens is 1. The minimum Gasteiger partial charge on any atom is -0.393 e. The fourth-order valence-corrected chi connectivity index (χ4v) is 6.69. The van der Waals surface area contributed by atoms with Crippen LogP contribution >= 0.6 is 0 Å². The number of amides is 1. The highest BCUT2D eigenvalue weighted by molar-refractivity contribution is 6.05. The van der Waals surface area contributed by atoms with Gasteiger partial charge in [0.05, 0.1) is 28.9 Å². The number of piperidine rings is 1. The van der Waals surface area contributed by atoms with Crippen molar-refractivity contribution in [3.63, 3.8) is 0 Å². The van der Waals surface area contributed by atoms with Gasteiger partial charge in [-0.2, -0.15) is 5.10 Å². The Morgan fingerprint density at radius 3 is 2.51 bits per heavy atom. The third-order valence-corrected chi connectivity index (χ3v) is 9.39. The Bertz CT molecular complexity index is 1630. The van der Waals surface area contributed by atoms with Gasteiger partial charge < -0.3 is 24.4 Å². The van der Waals surface area contributed by atoms with Crippen molar-refractivity contribution in [2.24, 2.45) is 7.05 Å². The first-order chi connectivity index (χ1) is 21.7. The smallest absolute Gasteiger partial charge is 0.261 e. The van der Waals surface area contributed by atoms with E-state index in [0.29, 0.717) is 30.4 Å². The molecule has 2 N–H and O–H groups in total. The molecule has 1 amide bonds. The quantitative estimate of drug-likeness (QED) is 0.289. The van der Waals surface area contributed by atoms with Gasteiger partial charge in [0, 0.05) is 69.0 Å². The fourth-order valence-electron chi connectivity index (χ4n) is 6.69. The highest BCUT2D eigenvalue weighted by atomic mass is 19.1. The van der Waals surface area contributed by atoms with Crippen LogP contribution in [0.5, 0.6) is 0 Å². The van der Waals surface area contributed by atoms with E-state index in [4.69, 9.17) is 4.98 Å². The van der Waals surface area contributed by atoms with Gasteiger partial charge in [0.1, 0.15) is 5.69 Å². The molecule has 12 heteroatoms. The van der Waals surface area contributed by atoms with Crippen molar-refractivity contribution >= 4 is 28.6 Å². The van der Waals surface area contributed by atoms with Crippen molar-refractivity contribution in [3.05, 3.63) is 54.2 Å². The lowest BCUT2D eigenvalue weighted by molar-refractivity contribution is 0.101. The number of aliphatic hydroxyl groups is 1. The maximum absolute atomic E-state index is 15.6. The second-order valence-electron chi connectivity index (χ2n) is 12.8. The van der Waals surface area contributed by atoms with Crippen molar-refractivity contribution in [2.75, 3.05) is 57.5 Å². The predicted octanol–water partition coefficient (Wildman–Crippen LogP) is 4.16. The van der Waals surface area contributed by atoms with Crippen LogP contribution in [0.2, 0.25) is 0 Å². The van der Waals surface area contributed by atoms with Crippen molar-refractivity contribution < 1.29 is 14.3 Å². The maximum Gasteiger partial charge on any atom is 0.261 e. The Morgan fingerprint density at radius 2 is 1.82 bits per heavy atom. The first-order valence-corrected chi connectivity index (χ1v) is 15.9. The molecule has 1 aromatic carbocycles. The molecule has 2 aliphatic rings. The van der Waals surface area contributed by atoms with Gasteiger partial charge in [-0.15, -0.1) is 0 Å². The molecule has 1 aliphatic heterocycles. The second-order valence-corrected chi connectivity index (χ2v) is 12.8. The number of benzene rings is 1. The van der Waals surface area contributed by atoms with Crippen LogP contribution in [-0.4, -0.2) is 105 Å². The van der Waals surface area contributed by atoms with Crippen LogP contribution in [0.1, 0.15) is 54.9 Å². The summed E-state index contributed by atoms with van der Waals surface area (Å²) in [7, 11) is 8.19. The number of fused-ring (bicyclic) bond motifs is 1. The molecule has 3 aromatic heterocycles. The number of nitrogens with one attached hydrogen (secondary N) is 1. The summed E-state index contributed by atoms with van der Waals surface area (Å²) in [5.41, 5.74) is 3.29. The first-order valence-electron chi connectivity index (χ1n) is 15.9. The van der Waals surface area contributed by atoms with E-state index in [2.05, 4.69) is 67.9 Å². The minimum absolute atomic E-state index is 0.0493. The molecule has 0 bridgehead atoms. The van der Waals surface area contributed by atoms with Crippen LogP contribution in [0.25, 0.3) is 22.3 Å². The molecule has 6 rings (SSSR count). The molecule has 240 valence electrons. The summed E-state index contributed by atoms with van der Waals surface area (Å²) in [4.78, 5) is 29.7. The maximum atomic E-state index is 15.6. The van der Waals surface area contributed by atoms with Crippen LogP contribution in [0, 0.1) is 5.82 Å². The number of nitrogens with zero attached hydrogens (tertiary/aromatic N) is 8. The van der Waals surface area contributed by atoms with Gasteiger partial charge in [0.2, 0.25) is 5.95 Å². The third-order valence-electron chi connectivity index (χ3n) is 9.39. The van der Waals surface area contributed by atoms with Crippen molar-refractivity contribution in [1.82, 2.24) is 34.1 Å². The lowest BCUT2D eigenvalue weighted by atomic mass is 9.93. The number of rotatable bonds is 9. The molecular formula is C33H44FN9O2. The van der Waals surface area contributed by atoms with Crippen molar-refractivity contribution in [1.29, 1.82) is 0 Å². The summed E-state index contributed by atoms with van der Waals surface area (Å²) in [6.07, 6.45) is 9.38. The van der Waals surface area contributed by atoms with Gasteiger partial charge in [-0.25, -0.2) is 9.37 Å². The van der Waals surface area contributed by atoms with E-state index in [1.165, 1.54) is 18.5 Å². The van der Waals surface area contributed by atoms with E-state index >= 15 is 4.39 Å².